The zero-order valence-electron chi connectivity index (χ0n) is 67.2. The Bertz CT molecular complexity index is 6530. The summed E-state index contributed by atoms with van der Waals surface area (Å²) in [6.07, 6.45) is 0. The van der Waals surface area contributed by atoms with Crippen molar-refractivity contribution in [2.45, 2.75) is 38.9 Å². The molecule has 8 nitrogen and oxygen atoms in total. The fraction of sp³-hybridized carbons (Fsp3) is 0.0545. The van der Waals surface area contributed by atoms with Crippen LogP contribution in [0, 0.1) is 0 Å². The molecule has 19 aromatic rings. The molecule has 1 aliphatic rings. The van der Waals surface area contributed by atoms with Gasteiger partial charge in [-0.15, -0.1) is 0 Å². The standard InChI is InChI=1S/C66H44N4.C34H31BN2O2.C10H6Br2/c1-5-15-45(16-6-1)47-27-35-53(36-28-47)63-43-61(51-19-9-3-10-20-51)67-65(69-63)55-39-31-49(32-40-55)57-23-13-26-60-58(24-14-25-59(57)60)50-33-41-56(42-34-50)66-68-62(52-21-11-4-12-22-52)44-64(70-66)54-37-29-48(30-38-54)46-17-7-2-8-18-46;1-33(2)34(3,4)39-35(38-33)29-21-19-28(20-22-29)32-36-30(26-13-9-6-10-14-26)23-31(37-32)27-17-15-25(16-18-27)24-11-7-5-8-12-24;11-9-5-1-3-7-8(9)4-2-6-10(7)12/h1-44H;5-23H,1-4H3;1-6H. The molecule has 0 bridgehead atoms. The molecule has 16 aromatic carbocycles. The highest BCUT2D eigenvalue weighted by Crippen LogP contribution is 2.41. The first-order valence-electron chi connectivity index (χ1n) is 40.6. The maximum atomic E-state index is 6.24. The quantitative estimate of drug-likeness (QED) is 0.0937. The van der Waals surface area contributed by atoms with Crippen molar-refractivity contribution in [2.75, 3.05) is 0 Å². The van der Waals surface area contributed by atoms with Gasteiger partial charge in [-0.3, -0.25) is 0 Å². The second-order valence-electron chi connectivity index (χ2n) is 31.0. The van der Waals surface area contributed by atoms with Crippen LogP contribution < -0.4 is 5.46 Å². The highest BCUT2D eigenvalue weighted by molar-refractivity contribution is 9.11. The first kappa shape index (κ1) is 78.4. The first-order chi connectivity index (χ1) is 59.2. The molecule has 121 heavy (non-hydrogen) atoms. The van der Waals surface area contributed by atoms with Crippen molar-refractivity contribution in [1.29, 1.82) is 0 Å². The van der Waals surface area contributed by atoms with Gasteiger partial charge in [0, 0.05) is 59.0 Å². The third-order valence-electron chi connectivity index (χ3n) is 22.6. The molecule has 0 saturated carbocycles. The minimum absolute atomic E-state index is 0.381. The van der Waals surface area contributed by atoms with Crippen LogP contribution in [0.3, 0.4) is 0 Å². The normalized spacial score (nSPS) is 12.6. The second-order valence-corrected chi connectivity index (χ2v) is 32.7. The number of nitrogens with zero attached hydrogens (tertiary/aromatic N) is 6. The van der Waals surface area contributed by atoms with Crippen LogP contribution in [0.25, 0.3) is 179 Å². The molecule has 0 unspecified atom stereocenters. The van der Waals surface area contributed by atoms with Gasteiger partial charge in [0.05, 0.1) is 45.4 Å². The van der Waals surface area contributed by atoms with Gasteiger partial charge in [0.1, 0.15) is 0 Å². The van der Waals surface area contributed by atoms with Crippen LogP contribution in [0.15, 0.2) is 428 Å². The van der Waals surface area contributed by atoms with Gasteiger partial charge < -0.3 is 9.31 Å². The molecule has 4 heterocycles. The summed E-state index contributed by atoms with van der Waals surface area (Å²) in [5, 5.41) is 4.85. The molecule has 1 fully saturated rings. The van der Waals surface area contributed by atoms with Crippen molar-refractivity contribution < 1.29 is 9.31 Å². The maximum Gasteiger partial charge on any atom is 0.494 e. The number of halogens is 2. The van der Waals surface area contributed by atoms with Crippen LogP contribution in [0.1, 0.15) is 27.7 Å². The molecule has 580 valence electrons. The van der Waals surface area contributed by atoms with Gasteiger partial charge in [-0.2, -0.15) is 0 Å². The van der Waals surface area contributed by atoms with Crippen molar-refractivity contribution in [2.24, 2.45) is 0 Å². The molecule has 0 radical (unpaired) electrons. The fourth-order valence-electron chi connectivity index (χ4n) is 15.2. The van der Waals surface area contributed by atoms with Crippen molar-refractivity contribution >= 4 is 66.0 Å². The maximum absolute atomic E-state index is 6.24. The first-order valence-corrected chi connectivity index (χ1v) is 42.2. The molecule has 1 saturated heterocycles. The lowest BCUT2D eigenvalue weighted by Gasteiger charge is -2.32. The van der Waals surface area contributed by atoms with Gasteiger partial charge in [-0.25, -0.2) is 29.9 Å². The van der Waals surface area contributed by atoms with Crippen molar-refractivity contribution in [1.82, 2.24) is 29.9 Å². The van der Waals surface area contributed by atoms with Crippen LogP contribution in [0.2, 0.25) is 0 Å². The highest BCUT2D eigenvalue weighted by Gasteiger charge is 2.51. The molecule has 3 aromatic heterocycles. The lowest BCUT2D eigenvalue weighted by molar-refractivity contribution is 0.00578. The molecular formula is C110H81BBr2N6O2. The van der Waals surface area contributed by atoms with E-state index >= 15 is 0 Å². The Kier molecular flexibility index (Phi) is 22.7. The van der Waals surface area contributed by atoms with E-state index in [0.717, 1.165) is 121 Å². The van der Waals surface area contributed by atoms with Crippen LogP contribution >= 0.6 is 31.9 Å². The Balaban J connectivity index is 0.000000163. The van der Waals surface area contributed by atoms with Crippen molar-refractivity contribution in [3.63, 3.8) is 0 Å². The van der Waals surface area contributed by atoms with E-state index in [1.54, 1.807) is 0 Å². The van der Waals surface area contributed by atoms with E-state index in [1.165, 1.54) is 54.9 Å². The topological polar surface area (TPSA) is 95.8 Å². The van der Waals surface area contributed by atoms with Crippen LogP contribution in [-0.4, -0.2) is 48.2 Å². The second kappa shape index (κ2) is 35.0. The summed E-state index contributed by atoms with van der Waals surface area (Å²) in [6, 6.07) is 145. The molecule has 0 spiro atoms. The van der Waals surface area contributed by atoms with E-state index < -0.39 is 7.12 Å². The summed E-state index contributed by atoms with van der Waals surface area (Å²) in [5.74, 6) is 2.05. The number of hydrogen-bond donors (Lipinski definition) is 0. The van der Waals surface area contributed by atoms with Crippen molar-refractivity contribution in [3.8, 4) is 157 Å². The van der Waals surface area contributed by atoms with E-state index in [0.29, 0.717) is 17.5 Å². The average Bonchev–Trinajstić information content (AvgIpc) is 1.72. The monoisotopic (exact) mass is 1690 g/mol. The molecular weight excluding hydrogens is 1610 g/mol. The lowest BCUT2D eigenvalue weighted by Crippen LogP contribution is -2.41. The molecule has 0 N–H and O–H groups in total. The fourth-order valence-corrected chi connectivity index (χ4v) is 16.2. The zero-order chi connectivity index (χ0) is 82.2. The summed E-state index contributed by atoms with van der Waals surface area (Å²) >= 11 is 7.02. The third-order valence-corrected chi connectivity index (χ3v) is 24.0. The summed E-state index contributed by atoms with van der Waals surface area (Å²) in [6.45, 7) is 8.27. The Morgan fingerprint density at radius 1 is 0.198 bits per heavy atom. The highest BCUT2D eigenvalue weighted by atomic mass is 79.9. The summed E-state index contributed by atoms with van der Waals surface area (Å²) in [7, 11) is -0.403. The number of rotatable bonds is 15. The summed E-state index contributed by atoms with van der Waals surface area (Å²) in [4.78, 5) is 30.5. The minimum Gasteiger partial charge on any atom is -0.399 e. The van der Waals surface area contributed by atoms with Gasteiger partial charge in [0.15, 0.2) is 17.5 Å². The SMILES string of the molecule is Brc1cccc2c(Br)cccc12.CC1(C)OB(c2ccc(-c3nc(-c4ccccc4)cc(-c4ccc(-c5ccccc5)cc4)n3)cc2)OC1(C)C.c1ccc(-c2ccc(-c3cc(-c4ccccc4)nc(-c4ccc(-c5cccc6c(-c7ccc(-c8nc(-c9ccccc9)cc(-c9ccc(-c%10ccccc%10)cc9)n8)cc7)cccc56)cc4)n3)cc2)cc1. The molecule has 1 aliphatic heterocycles. The Morgan fingerprint density at radius 3 is 0.686 bits per heavy atom. The summed E-state index contributed by atoms with van der Waals surface area (Å²) < 4.78 is 14.8. The van der Waals surface area contributed by atoms with Gasteiger partial charge in [-0.1, -0.05) is 420 Å². The summed E-state index contributed by atoms with van der Waals surface area (Å²) in [5.41, 5.74) is 26.3. The lowest BCUT2D eigenvalue weighted by atomic mass is 9.79. The van der Waals surface area contributed by atoms with E-state index in [2.05, 4.69) is 393 Å². The van der Waals surface area contributed by atoms with Gasteiger partial charge in [-0.05, 0) is 141 Å². The molecule has 11 heteroatoms. The van der Waals surface area contributed by atoms with E-state index in [-0.39, 0.29) is 11.2 Å². The molecule has 0 amide bonds. The number of hydrogen-bond acceptors (Lipinski definition) is 8. The van der Waals surface area contributed by atoms with Gasteiger partial charge in [0.25, 0.3) is 0 Å². The average molecular weight is 1690 g/mol. The molecule has 0 atom stereocenters. The minimum atomic E-state index is -0.403. The number of benzene rings is 16. The van der Waals surface area contributed by atoms with Crippen LogP contribution in [0.4, 0.5) is 0 Å². The predicted molar refractivity (Wildman–Crippen MR) is 508 cm³/mol. The van der Waals surface area contributed by atoms with Crippen LogP contribution in [0.5, 0.6) is 0 Å². The Labute approximate surface area is 723 Å². The molecule has 0 aliphatic carbocycles. The van der Waals surface area contributed by atoms with E-state index in [9.17, 15) is 0 Å². The Morgan fingerprint density at radius 2 is 0.405 bits per heavy atom. The van der Waals surface area contributed by atoms with Crippen molar-refractivity contribution in [3.05, 3.63) is 428 Å². The largest absolute Gasteiger partial charge is 0.494 e. The van der Waals surface area contributed by atoms with Gasteiger partial charge >= 0.3 is 7.12 Å². The predicted octanol–water partition coefficient (Wildman–Crippen LogP) is 28.9. The molecule has 20 rings (SSSR count). The van der Waals surface area contributed by atoms with E-state index in [4.69, 9.17) is 39.2 Å². The smallest absolute Gasteiger partial charge is 0.399 e. The zero-order valence-corrected chi connectivity index (χ0v) is 70.3. The third kappa shape index (κ3) is 17.4. The number of aromatic nitrogens is 6. The van der Waals surface area contributed by atoms with E-state index in [1.807, 2.05) is 84.9 Å². The van der Waals surface area contributed by atoms with Crippen LogP contribution in [-0.2, 0) is 9.31 Å². The van der Waals surface area contributed by atoms with Gasteiger partial charge in [0.2, 0.25) is 0 Å². The number of fused-ring (bicyclic) bond motifs is 2. The Hall–Kier alpha value is -13.8.